The van der Waals surface area contributed by atoms with Gasteiger partial charge in [0.05, 0.1) is 17.1 Å². The van der Waals surface area contributed by atoms with Gasteiger partial charge in [-0.05, 0) is 86.2 Å². The van der Waals surface area contributed by atoms with E-state index < -0.39 is 0 Å². The SMILES string of the molecule is COCCCNC(=O)c1cccc(SNC(Cc2cccc(C(N)=C(C)C)c2)C2Sc3ccccc3N2C)c1. The highest BCUT2D eigenvalue weighted by atomic mass is 32.2. The molecule has 1 amide bonds. The van der Waals surface area contributed by atoms with Crippen molar-refractivity contribution < 1.29 is 9.53 Å². The Hall–Kier alpha value is -2.91. The number of fused-ring (bicyclic) bond motifs is 1. The van der Waals surface area contributed by atoms with E-state index in [1.165, 1.54) is 16.1 Å². The summed E-state index contributed by atoms with van der Waals surface area (Å²) >= 11 is 3.46. The Morgan fingerprint density at radius 3 is 2.62 bits per heavy atom. The maximum atomic E-state index is 12.6. The van der Waals surface area contributed by atoms with Crippen molar-refractivity contribution in [1.29, 1.82) is 0 Å². The summed E-state index contributed by atoms with van der Waals surface area (Å²) < 4.78 is 8.82. The van der Waals surface area contributed by atoms with Crippen LogP contribution in [0.25, 0.3) is 5.70 Å². The van der Waals surface area contributed by atoms with E-state index in [4.69, 9.17) is 10.5 Å². The first-order valence-corrected chi connectivity index (χ1v) is 14.9. The molecule has 0 saturated heterocycles. The van der Waals surface area contributed by atoms with Gasteiger partial charge in [-0.15, -0.1) is 0 Å². The van der Waals surface area contributed by atoms with Gasteiger partial charge in [-0.2, -0.15) is 0 Å². The third-order valence-electron chi connectivity index (χ3n) is 6.69. The van der Waals surface area contributed by atoms with Crippen molar-refractivity contribution in [3.63, 3.8) is 0 Å². The Labute approximate surface area is 240 Å². The molecule has 0 aromatic heterocycles. The van der Waals surface area contributed by atoms with Gasteiger partial charge in [-0.3, -0.25) is 9.52 Å². The first kappa shape index (κ1) is 29.1. The molecule has 4 N–H and O–H groups in total. The Morgan fingerprint density at radius 2 is 1.85 bits per heavy atom. The lowest BCUT2D eigenvalue weighted by atomic mass is 10.0. The number of thioether (sulfide) groups is 1. The fourth-order valence-electron chi connectivity index (χ4n) is 4.52. The topological polar surface area (TPSA) is 79.6 Å². The number of nitrogens with one attached hydrogen (secondary N) is 2. The summed E-state index contributed by atoms with van der Waals surface area (Å²) in [5, 5.41) is 3.17. The number of para-hydroxylation sites is 1. The molecule has 0 aliphatic carbocycles. The average molecular weight is 563 g/mol. The molecule has 1 heterocycles. The zero-order valence-corrected chi connectivity index (χ0v) is 24.7. The van der Waals surface area contributed by atoms with Gasteiger partial charge in [0.25, 0.3) is 5.91 Å². The summed E-state index contributed by atoms with van der Waals surface area (Å²) in [7, 11) is 3.83. The minimum absolute atomic E-state index is 0.0692. The van der Waals surface area contributed by atoms with Crippen molar-refractivity contribution >= 4 is 41.0 Å². The van der Waals surface area contributed by atoms with Crippen LogP contribution >= 0.6 is 23.7 Å². The number of allylic oxidation sites excluding steroid dienone is 1. The molecule has 0 bridgehead atoms. The van der Waals surface area contributed by atoms with Crippen LogP contribution in [0.3, 0.4) is 0 Å². The molecule has 0 spiro atoms. The summed E-state index contributed by atoms with van der Waals surface area (Å²) in [6.07, 6.45) is 1.61. The van der Waals surface area contributed by atoms with Gasteiger partial charge in [-0.25, -0.2) is 0 Å². The molecule has 0 fully saturated rings. The fraction of sp³-hybridized carbons (Fsp3) is 0.323. The highest BCUT2D eigenvalue weighted by Crippen LogP contribution is 2.44. The van der Waals surface area contributed by atoms with Crippen molar-refractivity contribution in [2.24, 2.45) is 5.73 Å². The predicted octanol–water partition coefficient (Wildman–Crippen LogP) is 5.94. The van der Waals surface area contributed by atoms with Gasteiger partial charge in [0.15, 0.2) is 0 Å². The highest BCUT2D eigenvalue weighted by Gasteiger charge is 2.34. The van der Waals surface area contributed by atoms with E-state index >= 15 is 0 Å². The molecule has 39 heavy (non-hydrogen) atoms. The van der Waals surface area contributed by atoms with Crippen LogP contribution in [0.15, 0.2) is 88.2 Å². The van der Waals surface area contributed by atoms with Crippen LogP contribution in [0, 0.1) is 0 Å². The second kappa shape index (κ2) is 13.9. The zero-order valence-electron chi connectivity index (χ0n) is 23.1. The molecule has 3 aromatic rings. The van der Waals surface area contributed by atoms with E-state index in [-0.39, 0.29) is 17.3 Å². The van der Waals surface area contributed by atoms with Gasteiger partial charge < -0.3 is 20.7 Å². The van der Waals surface area contributed by atoms with Crippen molar-refractivity contribution in [2.45, 2.75) is 47.9 Å². The van der Waals surface area contributed by atoms with Crippen LogP contribution in [0.1, 0.15) is 41.8 Å². The maximum Gasteiger partial charge on any atom is 0.251 e. The smallest absolute Gasteiger partial charge is 0.251 e. The lowest BCUT2D eigenvalue weighted by Gasteiger charge is -2.30. The number of carbonyl (C=O) groups excluding carboxylic acids is 1. The molecule has 0 radical (unpaired) electrons. The van der Waals surface area contributed by atoms with Crippen molar-refractivity contribution in [2.75, 3.05) is 32.2 Å². The number of hydrogen-bond acceptors (Lipinski definition) is 7. The van der Waals surface area contributed by atoms with E-state index in [1.54, 1.807) is 19.1 Å². The van der Waals surface area contributed by atoms with Crippen molar-refractivity contribution in [1.82, 2.24) is 10.0 Å². The average Bonchev–Trinajstić information content (AvgIpc) is 3.29. The minimum atomic E-state index is -0.0692. The summed E-state index contributed by atoms with van der Waals surface area (Å²) in [5.41, 5.74) is 12.5. The van der Waals surface area contributed by atoms with Gasteiger partial charge in [0.2, 0.25) is 0 Å². The second-order valence-corrected chi connectivity index (χ2v) is 11.9. The Kier molecular flexibility index (Phi) is 10.4. The number of likely N-dealkylation sites (N-methyl/N-ethyl adjacent to an activating group) is 1. The zero-order chi connectivity index (χ0) is 27.8. The van der Waals surface area contributed by atoms with Gasteiger partial charge >= 0.3 is 0 Å². The maximum absolute atomic E-state index is 12.6. The first-order valence-electron chi connectivity index (χ1n) is 13.2. The quantitative estimate of drug-likeness (QED) is 0.186. The predicted molar refractivity (Wildman–Crippen MR) is 165 cm³/mol. The van der Waals surface area contributed by atoms with Crippen molar-refractivity contribution in [3.05, 3.63) is 95.1 Å². The van der Waals surface area contributed by atoms with Crippen molar-refractivity contribution in [3.8, 4) is 0 Å². The molecule has 1 aliphatic rings. The number of methoxy groups -OCH3 is 1. The molecular weight excluding hydrogens is 525 g/mol. The summed E-state index contributed by atoms with van der Waals surface area (Å²) in [4.78, 5) is 17.3. The van der Waals surface area contributed by atoms with Gasteiger partial charge in [0.1, 0.15) is 0 Å². The number of nitrogens with two attached hydrogens (primary N) is 1. The molecule has 6 nitrogen and oxygen atoms in total. The van der Waals surface area contributed by atoms with Crippen LogP contribution in [0.2, 0.25) is 0 Å². The van der Waals surface area contributed by atoms with E-state index in [1.807, 2.05) is 49.9 Å². The standard InChI is InChI=1S/C31H38N4O2S2/c1-21(2)29(32)23-11-7-10-22(18-23)19-26(31-35(3)27-14-5-6-15-28(27)38-31)34-39-25-13-8-12-24(20-25)30(36)33-16-9-17-37-4/h5-8,10-15,18,20,26,31,34H,9,16-17,19,32H2,1-4H3,(H,33,36). The number of carbonyl (C=O) groups is 1. The van der Waals surface area contributed by atoms with Crippen LogP contribution in [-0.2, 0) is 11.2 Å². The molecular formula is C31H38N4O2S2. The fourth-order valence-corrected chi connectivity index (χ4v) is 6.79. The second-order valence-electron chi connectivity index (χ2n) is 9.86. The first-order chi connectivity index (χ1) is 18.9. The molecule has 3 aromatic carbocycles. The van der Waals surface area contributed by atoms with E-state index in [2.05, 4.69) is 70.5 Å². The monoisotopic (exact) mass is 562 g/mol. The van der Waals surface area contributed by atoms with Crippen LogP contribution in [0.4, 0.5) is 5.69 Å². The largest absolute Gasteiger partial charge is 0.398 e. The van der Waals surface area contributed by atoms with E-state index in [9.17, 15) is 4.79 Å². The van der Waals surface area contributed by atoms with E-state index in [0.29, 0.717) is 18.7 Å². The number of anilines is 1. The molecule has 8 heteroatoms. The van der Waals surface area contributed by atoms with Gasteiger partial charge in [0, 0.05) is 48.4 Å². The molecule has 2 atom stereocenters. The third kappa shape index (κ3) is 7.60. The highest BCUT2D eigenvalue weighted by molar-refractivity contribution is 8.00. The molecule has 1 aliphatic heterocycles. The number of hydrogen-bond donors (Lipinski definition) is 3. The van der Waals surface area contributed by atoms with Gasteiger partial charge in [-0.1, -0.05) is 53.7 Å². The summed E-state index contributed by atoms with van der Waals surface area (Å²) in [5.74, 6) is -0.0692. The molecule has 2 unspecified atom stereocenters. The number of amides is 1. The number of benzene rings is 3. The Bertz CT molecular complexity index is 1310. The van der Waals surface area contributed by atoms with Crippen LogP contribution in [0.5, 0.6) is 0 Å². The molecule has 4 rings (SSSR count). The number of ether oxygens (including phenoxy) is 1. The number of rotatable bonds is 12. The Balaban J connectivity index is 1.52. The van der Waals surface area contributed by atoms with Crippen LogP contribution in [-0.4, -0.2) is 44.6 Å². The minimum Gasteiger partial charge on any atom is -0.398 e. The molecule has 206 valence electrons. The molecule has 0 saturated carbocycles. The summed E-state index contributed by atoms with van der Waals surface area (Å²) in [6, 6.07) is 24.9. The summed E-state index contributed by atoms with van der Waals surface area (Å²) in [6.45, 7) is 5.30. The lowest BCUT2D eigenvalue weighted by Crippen LogP contribution is -2.44. The number of nitrogens with zero attached hydrogens (tertiary/aromatic N) is 1. The van der Waals surface area contributed by atoms with E-state index in [0.717, 1.165) is 34.6 Å². The van der Waals surface area contributed by atoms with Crippen LogP contribution < -0.4 is 20.7 Å². The normalized spacial score (nSPS) is 15.1. The third-order valence-corrected chi connectivity index (χ3v) is 9.08. The lowest BCUT2D eigenvalue weighted by molar-refractivity contribution is 0.0948. The Morgan fingerprint density at radius 1 is 1.08 bits per heavy atom.